The van der Waals surface area contributed by atoms with E-state index in [1.807, 2.05) is 26.0 Å². The van der Waals surface area contributed by atoms with E-state index in [0.29, 0.717) is 5.56 Å². The van der Waals surface area contributed by atoms with Gasteiger partial charge in [-0.15, -0.1) is 0 Å². The van der Waals surface area contributed by atoms with Crippen molar-refractivity contribution in [2.75, 3.05) is 11.9 Å². The van der Waals surface area contributed by atoms with Gasteiger partial charge in [0.2, 0.25) is 0 Å². The highest BCUT2D eigenvalue weighted by Gasteiger charge is 2.12. The Labute approximate surface area is 116 Å². The van der Waals surface area contributed by atoms with E-state index in [1.54, 1.807) is 0 Å². The molecule has 1 rings (SSSR count). The fourth-order valence-corrected chi connectivity index (χ4v) is 1.93. The van der Waals surface area contributed by atoms with Gasteiger partial charge in [0, 0.05) is 23.8 Å². The minimum Gasteiger partial charge on any atom is -0.370 e. The number of nitrogens with zero attached hydrogens (tertiary/aromatic N) is 1. The number of carbonyl (C=O) groups is 1. The first-order chi connectivity index (χ1) is 9.14. The molecule has 0 aliphatic rings. The third-order valence-electron chi connectivity index (χ3n) is 3.18. The van der Waals surface area contributed by atoms with E-state index in [2.05, 4.69) is 29.5 Å². The number of aromatic nitrogens is 1. The number of hydrogen-bond donors (Lipinski definition) is 2. The average molecular weight is 263 g/mol. The Morgan fingerprint density at radius 3 is 2.42 bits per heavy atom. The first-order valence-corrected chi connectivity index (χ1v) is 7.20. The fraction of sp³-hybridized carbons (Fsp3) is 0.600. The number of nitrogens with one attached hydrogen (secondary N) is 2. The van der Waals surface area contributed by atoms with E-state index < -0.39 is 0 Å². The van der Waals surface area contributed by atoms with Crippen molar-refractivity contribution in [3.63, 3.8) is 0 Å². The molecule has 0 bridgehead atoms. The van der Waals surface area contributed by atoms with Crippen molar-refractivity contribution in [3.05, 3.63) is 23.4 Å². The van der Waals surface area contributed by atoms with E-state index >= 15 is 0 Å². The predicted octanol–water partition coefficient (Wildman–Crippen LogP) is 2.99. The molecule has 1 amide bonds. The summed E-state index contributed by atoms with van der Waals surface area (Å²) in [5.74, 6) is 0.765. The van der Waals surface area contributed by atoms with Crippen LogP contribution in [-0.2, 0) is 6.42 Å². The van der Waals surface area contributed by atoms with Crippen molar-refractivity contribution in [1.29, 1.82) is 0 Å². The molecule has 4 nitrogen and oxygen atoms in total. The molecule has 0 radical (unpaired) electrons. The molecule has 0 atom stereocenters. The monoisotopic (exact) mass is 263 g/mol. The van der Waals surface area contributed by atoms with E-state index in [1.165, 1.54) is 0 Å². The highest BCUT2D eigenvalue weighted by Crippen LogP contribution is 2.12. The second-order valence-corrected chi connectivity index (χ2v) is 4.60. The van der Waals surface area contributed by atoms with Gasteiger partial charge in [0.1, 0.15) is 5.82 Å². The van der Waals surface area contributed by atoms with Crippen LogP contribution in [0.1, 0.15) is 56.6 Å². The Morgan fingerprint density at radius 2 is 1.89 bits per heavy atom. The highest BCUT2D eigenvalue weighted by atomic mass is 16.1. The van der Waals surface area contributed by atoms with Crippen molar-refractivity contribution >= 4 is 11.7 Å². The van der Waals surface area contributed by atoms with E-state index in [9.17, 15) is 4.79 Å². The lowest BCUT2D eigenvalue weighted by Gasteiger charge is -2.15. The topological polar surface area (TPSA) is 54.0 Å². The lowest BCUT2D eigenvalue weighted by atomic mass is 10.1. The van der Waals surface area contributed by atoms with Crippen molar-refractivity contribution in [2.24, 2.45) is 0 Å². The maximum absolute atomic E-state index is 12.2. The van der Waals surface area contributed by atoms with E-state index in [-0.39, 0.29) is 11.9 Å². The van der Waals surface area contributed by atoms with Gasteiger partial charge in [0.05, 0.1) is 0 Å². The van der Waals surface area contributed by atoms with Gasteiger partial charge < -0.3 is 10.6 Å². The number of rotatable bonds is 7. The van der Waals surface area contributed by atoms with E-state index in [0.717, 1.165) is 37.3 Å². The molecule has 0 aliphatic heterocycles. The molecule has 0 unspecified atom stereocenters. The number of amides is 1. The van der Waals surface area contributed by atoms with Crippen LogP contribution in [0.25, 0.3) is 0 Å². The molecule has 0 saturated heterocycles. The molecule has 106 valence electrons. The van der Waals surface area contributed by atoms with Crippen molar-refractivity contribution < 1.29 is 4.79 Å². The van der Waals surface area contributed by atoms with Crippen LogP contribution in [0.3, 0.4) is 0 Å². The number of aryl methyl sites for hydroxylation is 1. The third kappa shape index (κ3) is 4.54. The first kappa shape index (κ1) is 15.5. The maximum Gasteiger partial charge on any atom is 0.251 e. The molecule has 4 heteroatoms. The molecule has 2 N–H and O–H groups in total. The van der Waals surface area contributed by atoms with Gasteiger partial charge >= 0.3 is 0 Å². The molecular formula is C15H25N3O. The molecule has 1 heterocycles. The van der Waals surface area contributed by atoms with Crippen LogP contribution in [0.15, 0.2) is 12.1 Å². The molecule has 0 aromatic carbocycles. The van der Waals surface area contributed by atoms with Crippen molar-refractivity contribution in [2.45, 2.75) is 53.0 Å². The first-order valence-electron chi connectivity index (χ1n) is 7.20. The maximum atomic E-state index is 12.2. The summed E-state index contributed by atoms with van der Waals surface area (Å²) < 4.78 is 0. The number of hydrogen-bond acceptors (Lipinski definition) is 3. The van der Waals surface area contributed by atoms with Gasteiger partial charge in [0.25, 0.3) is 5.91 Å². The Hall–Kier alpha value is -1.58. The summed E-state index contributed by atoms with van der Waals surface area (Å²) in [5.41, 5.74) is 1.63. The quantitative estimate of drug-likeness (QED) is 0.795. The number of anilines is 1. The van der Waals surface area contributed by atoms with Crippen LogP contribution >= 0.6 is 0 Å². The number of pyridine rings is 1. The minimum atomic E-state index is -0.00930. The largest absolute Gasteiger partial charge is 0.370 e. The zero-order valence-corrected chi connectivity index (χ0v) is 12.4. The Kier molecular flexibility index (Phi) is 6.33. The third-order valence-corrected chi connectivity index (χ3v) is 3.18. The summed E-state index contributed by atoms with van der Waals surface area (Å²) in [6.45, 7) is 9.03. The van der Waals surface area contributed by atoms with Crippen molar-refractivity contribution in [1.82, 2.24) is 10.3 Å². The van der Waals surface area contributed by atoms with Gasteiger partial charge in [-0.2, -0.15) is 0 Å². The second kappa shape index (κ2) is 7.77. The number of carbonyl (C=O) groups excluding carboxylic acids is 1. The fourth-order valence-electron chi connectivity index (χ4n) is 1.93. The van der Waals surface area contributed by atoms with Gasteiger partial charge in [-0.1, -0.05) is 20.8 Å². The lowest BCUT2D eigenvalue weighted by Crippen LogP contribution is -2.34. The second-order valence-electron chi connectivity index (χ2n) is 4.60. The van der Waals surface area contributed by atoms with Gasteiger partial charge in [-0.3, -0.25) is 4.79 Å². The summed E-state index contributed by atoms with van der Waals surface area (Å²) in [6.07, 6.45) is 2.73. The summed E-state index contributed by atoms with van der Waals surface area (Å²) in [5, 5.41) is 6.23. The predicted molar refractivity (Wildman–Crippen MR) is 79.6 cm³/mol. The summed E-state index contributed by atoms with van der Waals surface area (Å²) in [7, 11) is 0. The smallest absolute Gasteiger partial charge is 0.251 e. The standard InChI is InChI=1S/C15H25N3O/c1-5-12(6-2)18-15(19)11-9-13(7-3)17-14(10-11)16-8-4/h9-10,12H,5-8H2,1-4H3,(H,16,17)(H,18,19). The molecule has 0 fully saturated rings. The SMILES string of the molecule is CCNc1cc(C(=O)NC(CC)CC)cc(CC)n1. The molecule has 0 saturated carbocycles. The molecule has 1 aromatic heterocycles. The summed E-state index contributed by atoms with van der Waals surface area (Å²) in [4.78, 5) is 16.7. The molecule has 0 aliphatic carbocycles. The highest BCUT2D eigenvalue weighted by molar-refractivity contribution is 5.95. The van der Waals surface area contributed by atoms with Gasteiger partial charge in [-0.25, -0.2) is 4.98 Å². The van der Waals surface area contributed by atoms with Gasteiger partial charge in [0.15, 0.2) is 0 Å². The van der Waals surface area contributed by atoms with Crippen LogP contribution in [0.5, 0.6) is 0 Å². The van der Waals surface area contributed by atoms with Crippen LogP contribution in [0.4, 0.5) is 5.82 Å². The average Bonchev–Trinajstić information content (AvgIpc) is 2.44. The van der Waals surface area contributed by atoms with Crippen LogP contribution in [-0.4, -0.2) is 23.5 Å². The lowest BCUT2D eigenvalue weighted by molar-refractivity contribution is 0.0934. The van der Waals surface area contributed by atoms with Crippen LogP contribution in [0, 0.1) is 0 Å². The summed E-state index contributed by atoms with van der Waals surface area (Å²) in [6, 6.07) is 3.94. The molecular weight excluding hydrogens is 238 g/mol. The van der Waals surface area contributed by atoms with E-state index in [4.69, 9.17) is 0 Å². The minimum absolute atomic E-state index is 0.00930. The Bertz CT molecular complexity index is 414. The van der Waals surface area contributed by atoms with Crippen molar-refractivity contribution in [3.8, 4) is 0 Å². The molecule has 0 spiro atoms. The molecule has 19 heavy (non-hydrogen) atoms. The normalized spacial score (nSPS) is 10.6. The van der Waals surface area contributed by atoms with Gasteiger partial charge in [-0.05, 0) is 38.3 Å². The van der Waals surface area contributed by atoms with Crippen LogP contribution < -0.4 is 10.6 Å². The van der Waals surface area contributed by atoms with Crippen LogP contribution in [0.2, 0.25) is 0 Å². The Morgan fingerprint density at radius 1 is 1.21 bits per heavy atom. The molecule has 1 aromatic rings. The summed E-state index contributed by atoms with van der Waals surface area (Å²) >= 11 is 0. The zero-order chi connectivity index (χ0) is 14.3. The zero-order valence-electron chi connectivity index (χ0n) is 12.4. The Balaban J connectivity index is 2.91.